The number of hydrogen-bond acceptors (Lipinski definition) is 6. The number of amides is 1. The number of carbonyl (C=O) groups is 1. The lowest BCUT2D eigenvalue weighted by Gasteiger charge is -2.30. The normalized spacial score (nSPS) is 17.7. The van der Waals surface area contributed by atoms with Gasteiger partial charge < -0.3 is 4.42 Å². The van der Waals surface area contributed by atoms with Gasteiger partial charge in [0.2, 0.25) is 21.8 Å². The van der Waals surface area contributed by atoms with E-state index in [1.165, 1.54) is 4.31 Å². The third-order valence-corrected chi connectivity index (χ3v) is 6.69. The van der Waals surface area contributed by atoms with Gasteiger partial charge in [-0.25, -0.2) is 8.42 Å². The Balaban J connectivity index is 1.44. The number of benzene rings is 2. The summed E-state index contributed by atoms with van der Waals surface area (Å²) in [5.74, 6) is -0.520. The maximum absolute atomic E-state index is 12.8. The van der Waals surface area contributed by atoms with Gasteiger partial charge in [-0.15, -0.1) is 5.10 Å². The van der Waals surface area contributed by atoms with Gasteiger partial charge in [-0.2, -0.15) is 4.31 Å². The lowest BCUT2D eigenvalue weighted by atomic mass is 9.99. The number of anilines is 1. The zero-order valence-corrected chi connectivity index (χ0v) is 16.4. The smallest absolute Gasteiger partial charge is 0.322 e. The number of nitrogens with zero attached hydrogens (tertiary/aromatic N) is 3. The molecule has 1 aliphatic heterocycles. The summed E-state index contributed by atoms with van der Waals surface area (Å²) in [6, 6.07) is 17.5. The van der Waals surface area contributed by atoms with Crippen LogP contribution in [0.1, 0.15) is 12.8 Å². The molecule has 9 heteroatoms. The molecule has 0 spiro atoms. The minimum Gasteiger partial charge on any atom is -0.403 e. The number of hydrogen-bond donors (Lipinski definition) is 1. The molecular formula is C20H20N4O4S. The molecule has 0 saturated carbocycles. The molecule has 1 aromatic heterocycles. The Morgan fingerprint density at radius 3 is 2.45 bits per heavy atom. The molecule has 0 bridgehead atoms. The van der Waals surface area contributed by atoms with Crippen LogP contribution in [0.5, 0.6) is 0 Å². The summed E-state index contributed by atoms with van der Waals surface area (Å²) >= 11 is 0. The van der Waals surface area contributed by atoms with Crippen LogP contribution in [0.3, 0.4) is 0 Å². The first-order chi connectivity index (χ1) is 14.0. The zero-order chi connectivity index (χ0) is 20.3. The summed E-state index contributed by atoms with van der Waals surface area (Å²) in [4.78, 5) is 12.9. The average Bonchev–Trinajstić information content (AvgIpc) is 3.23. The molecule has 3 aromatic rings. The highest BCUT2D eigenvalue weighted by molar-refractivity contribution is 7.89. The van der Waals surface area contributed by atoms with Crippen LogP contribution >= 0.6 is 0 Å². The summed E-state index contributed by atoms with van der Waals surface area (Å²) in [6.45, 7) is 0.502. The molecule has 2 heterocycles. The van der Waals surface area contributed by atoms with E-state index < -0.39 is 15.9 Å². The molecule has 8 nitrogen and oxygen atoms in total. The molecular weight excluding hydrogens is 392 g/mol. The highest BCUT2D eigenvalue weighted by atomic mass is 32.2. The van der Waals surface area contributed by atoms with Crippen LogP contribution in [-0.2, 0) is 14.8 Å². The molecule has 29 heavy (non-hydrogen) atoms. The van der Waals surface area contributed by atoms with Gasteiger partial charge in [0.25, 0.3) is 0 Å². The molecule has 1 unspecified atom stereocenters. The van der Waals surface area contributed by atoms with Crippen LogP contribution in [0.25, 0.3) is 11.5 Å². The number of aromatic nitrogens is 2. The quantitative estimate of drug-likeness (QED) is 0.691. The SMILES string of the molecule is O=C(Nc1nnc(-c2ccccc2)o1)C1CCCN(S(=O)(=O)c2ccccc2)C1. The minimum absolute atomic E-state index is 0.00288. The van der Waals surface area contributed by atoms with E-state index in [1.807, 2.05) is 30.3 Å². The Labute approximate surface area is 168 Å². The van der Waals surface area contributed by atoms with Crippen LogP contribution in [0.4, 0.5) is 6.01 Å². The third-order valence-electron chi connectivity index (χ3n) is 4.81. The van der Waals surface area contributed by atoms with Gasteiger partial charge >= 0.3 is 6.01 Å². The monoisotopic (exact) mass is 412 g/mol. The topological polar surface area (TPSA) is 105 Å². The molecule has 1 amide bonds. The van der Waals surface area contributed by atoms with Crippen molar-refractivity contribution in [3.63, 3.8) is 0 Å². The Morgan fingerprint density at radius 1 is 1.03 bits per heavy atom. The van der Waals surface area contributed by atoms with Crippen LogP contribution in [0, 0.1) is 5.92 Å². The molecule has 1 atom stereocenters. The zero-order valence-electron chi connectivity index (χ0n) is 15.6. The number of nitrogens with one attached hydrogen (secondary N) is 1. The lowest BCUT2D eigenvalue weighted by Crippen LogP contribution is -2.43. The first kappa shape index (κ1) is 19.3. The second-order valence-corrected chi connectivity index (χ2v) is 8.72. The highest BCUT2D eigenvalue weighted by Crippen LogP contribution is 2.25. The Kier molecular flexibility index (Phi) is 5.41. The summed E-state index contributed by atoms with van der Waals surface area (Å²) in [5, 5.41) is 10.4. The summed E-state index contributed by atoms with van der Waals surface area (Å²) in [7, 11) is -3.63. The standard InChI is InChI=1S/C20H20N4O4S/c25-18(21-20-23-22-19(28-20)15-8-3-1-4-9-15)16-10-7-13-24(14-16)29(26,27)17-11-5-2-6-12-17/h1-6,8-9,11-12,16H,7,10,13-14H2,(H,21,23,25). The Bertz CT molecular complexity index is 1080. The fraction of sp³-hybridized carbons (Fsp3) is 0.250. The van der Waals surface area contributed by atoms with Crippen molar-refractivity contribution in [2.75, 3.05) is 18.4 Å². The van der Waals surface area contributed by atoms with E-state index in [-0.39, 0.29) is 23.4 Å². The van der Waals surface area contributed by atoms with Crippen LogP contribution in [-0.4, -0.2) is 41.9 Å². The van der Waals surface area contributed by atoms with E-state index in [4.69, 9.17) is 4.42 Å². The van der Waals surface area contributed by atoms with Gasteiger partial charge in [0.1, 0.15) is 0 Å². The van der Waals surface area contributed by atoms with Crippen LogP contribution in [0.2, 0.25) is 0 Å². The van der Waals surface area contributed by atoms with Crippen molar-refractivity contribution >= 4 is 21.9 Å². The van der Waals surface area contributed by atoms with Crippen molar-refractivity contribution in [2.45, 2.75) is 17.7 Å². The maximum atomic E-state index is 12.8. The number of piperidine rings is 1. The molecule has 1 fully saturated rings. The average molecular weight is 412 g/mol. The van der Waals surface area contributed by atoms with Crippen molar-refractivity contribution in [1.29, 1.82) is 0 Å². The molecule has 0 aliphatic carbocycles. The van der Waals surface area contributed by atoms with Crippen molar-refractivity contribution in [3.05, 3.63) is 60.7 Å². The number of sulfonamides is 1. The lowest BCUT2D eigenvalue weighted by molar-refractivity contribution is -0.121. The number of rotatable bonds is 5. The first-order valence-corrected chi connectivity index (χ1v) is 10.7. The van der Waals surface area contributed by atoms with Crippen molar-refractivity contribution in [1.82, 2.24) is 14.5 Å². The minimum atomic E-state index is -3.63. The van der Waals surface area contributed by atoms with Gasteiger partial charge in [-0.1, -0.05) is 41.5 Å². The van der Waals surface area contributed by atoms with Gasteiger partial charge in [-0.05, 0) is 37.1 Å². The molecule has 0 radical (unpaired) electrons. The maximum Gasteiger partial charge on any atom is 0.322 e. The number of carbonyl (C=O) groups excluding carboxylic acids is 1. The van der Waals surface area contributed by atoms with Gasteiger partial charge in [0, 0.05) is 18.7 Å². The second-order valence-electron chi connectivity index (χ2n) is 6.78. The first-order valence-electron chi connectivity index (χ1n) is 9.29. The molecule has 4 rings (SSSR count). The summed E-state index contributed by atoms with van der Waals surface area (Å²) in [5.41, 5.74) is 0.748. The van der Waals surface area contributed by atoms with E-state index in [0.717, 1.165) is 5.56 Å². The fourth-order valence-electron chi connectivity index (χ4n) is 3.29. The van der Waals surface area contributed by atoms with Crippen molar-refractivity contribution in [3.8, 4) is 11.5 Å². The van der Waals surface area contributed by atoms with Gasteiger partial charge in [0.15, 0.2) is 0 Å². The highest BCUT2D eigenvalue weighted by Gasteiger charge is 2.33. The third kappa shape index (κ3) is 4.20. The van der Waals surface area contributed by atoms with Crippen molar-refractivity contribution in [2.24, 2.45) is 5.92 Å². The van der Waals surface area contributed by atoms with E-state index in [1.54, 1.807) is 30.3 Å². The molecule has 1 N–H and O–H groups in total. The molecule has 1 saturated heterocycles. The Hall–Kier alpha value is -3.04. The molecule has 150 valence electrons. The van der Waals surface area contributed by atoms with Crippen molar-refractivity contribution < 1.29 is 17.6 Å². The predicted octanol–water partition coefficient (Wildman–Crippen LogP) is 2.78. The second kappa shape index (κ2) is 8.14. The Morgan fingerprint density at radius 2 is 1.72 bits per heavy atom. The van der Waals surface area contributed by atoms with Crippen LogP contribution < -0.4 is 5.32 Å². The van der Waals surface area contributed by atoms with E-state index >= 15 is 0 Å². The molecule has 2 aromatic carbocycles. The van der Waals surface area contributed by atoms with E-state index in [0.29, 0.717) is 25.3 Å². The summed E-state index contributed by atoms with van der Waals surface area (Å²) < 4.78 is 32.5. The largest absolute Gasteiger partial charge is 0.403 e. The molecule has 1 aliphatic rings. The van der Waals surface area contributed by atoms with Gasteiger partial charge in [-0.3, -0.25) is 10.1 Å². The summed E-state index contributed by atoms with van der Waals surface area (Å²) in [6.07, 6.45) is 1.19. The van der Waals surface area contributed by atoms with E-state index in [9.17, 15) is 13.2 Å². The van der Waals surface area contributed by atoms with Gasteiger partial charge in [0.05, 0.1) is 10.8 Å². The fourth-order valence-corrected chi connectivity index (χ4v) is 4.84. The van der Waals surface area contributed by atoms with E-state index in [2.05, 4.69) is 15.5 Å². The predicted molar refractivity (Wildman–Crippen MR) is 106 cm³/mol. The van der Waals surface area contributed by atoms with Crippen LogP contribution in [0.15, 0.2) is 70.0 Å².